The van der Waals surface area contributed by atoms with Crippen molar-refractivity contribution in [3.63, 3.8) is 0 Å². The third kappa shape index (κ3) is 4.00. The van der Waals surface area contributed by atoms with Crippen LogP contribution in [0.3, 0.4) is 0 Å². The molecule has 0 aliphatic heterocycles. The lowest BCUT2D eigenvalue weighted by atomic mass is 10.2. The first-order chi connectivity index (χ1) is 12.6. The number of fused-ring (bicyclic) bond motifs is 1. The number of benzene rings is 1. The lowest BCUT2D eigenvalue weighted by Crippen LogP contribution is -2.30. The topological polar surface area (TPSA) is 81.9 Å². The summed E-state index contributed by atoms with van der Waals surface area (Å²) in [5.74, 6) is -0.498. The Hall–Kier alpha value is -3.35. The molecule has 0 spiro atoms. The van der Waals surface area contributed by atoms with Gasteiger partial charge in [-0.05, 0) is 30.7 Å². The zero-order valence-corrected chi connectivity index (χ0v) is 14.6. The minimum Gasteiger partial charge on any atom is -0.496 e. The molecule has 2 heterocycles. The molecular formula is C19H19N3O4. The molecular weight excluding hydrogens is 334 g/mol. The number of aryl methyl sites for hydroxylation is 1. The molecule has 0 radical (unpaired) electrons. The molecule has 3 rings (SSSR count). The second kappa shape index (κ2) is 7.69. The highest BCUT2D eigenvalue weighted by Gasteiger charge is 2.13. The summed E-state index contributed by atoms with van der Waals surface area (Å²) < 4.78 is 12.2. The second-order valence-electron chi connectivity index (χ2n) is 5.75. The number of hydrogen-bond donors (Lipinski definition) is 1. The van der Waals surface area contributed by atoms with E-state index in [4.69, 9.17) is 9.47 Å². The number of nitrogens with zero attached hydrogens (tertiary/aromatic N) is 2. The van der Waals surface area contributed by atoms with Gasteiger partial charge in [-0.2, -0.15) is 0 Å². The fraction of sp³-hybridized carbons (Fsp3) is 0.211. The Morgan fingerprint density at radius 2 is 1.96 bits per heavy atom. The Morgan fingerprint density at radius 3 is 2.77 bits per heavy atom. The average Bonchev–Trinajstić information content (AvgIpc) is 3.06. The minimum absolute atomic E-state index is 0.0457. The maximum Gasteiger partial charge on any atom is 0.325 e. The van der Waals surface area contributed by atoms with Crippen molar-refractivity contribution < 1.29 is 19.1 Å². The third-order valence-corrected chi connectivity index (χ3v) is 3.77. The molecule has 3 aromatic rings. The smallest absolute Gasteiger partial charge is 0.325 e. The number of imidazole rings is 1. The Bertz CT molecular complexity index is 949. The van der Waals surface area contributed by atoms with Gasteiger partial charge in [-0.1, -0.05) is 18.2 Å². The molecule has 0 aliphatic rings. The molecule has 0 saturated heterocycles. The molecule has 0 unspecified atom stereocenters. The van der Waals surface area contributed by atoms with Crippen LogP contribution in [0.15, 0.2) is 48.8 Å². The molecule has 0 fully saturated rings. The van der Waals surface area contributed by atoms with E-state index in [0.717, 1.165) is 11.2 Å². The molecule has 0 bridgehead atoms. The summed E-state index contributed by atoms with van der Waals surface area (Å²) in [5, 5.41) is 2.52. The fourth-order valence-corrected chi connectivity index (χ4v) is 2.51. The van der Waals surface area contributed by atoms with Gasteiger partial charge in [0.25, 0.3) is 5.91 Å². The first-order valence-electron chi connectivity index (χ1n) is 8.08. The highest BCUT2D eigenvalue weighted by molar-refractivity contribution is 5.98. The summed E-state index contributed by atoms with van der Waals surface area (Å²) >= 11 is 0. The van der Waals surface area contributed by atoms with Gasteiger partial charge in [0.1, 0.15) is 24.5 Å². The second-order valence-corrected chi connectivity index (χ2v) is 5.75. The standard InChI is InChI=1S/C19H19N3O4/c1-13-7-8-17-21-14(11-22(17)10-13)12-26-18(23)9-20-19(24)15-5-3-4-6-16(15)25-2/h3-8,10-11H,9,12H2,1-2H3,(H,20,24). The molecule has 1 aromatic carbocycles. The summed E-state index contributed by atoms with van der Waals surface area (Å²) in [4.78, 5) is 28.4. The Morgan fingerprint density at radius 1 is 1.15 bits per heavy atom. The Kier molecular flexibility index (Phi) is 5.17. The average molecular weight is 353 g/mol. The monoisotopic (exact) mass is 353 g/mol. The van der Waals surface area contributed by atoms with E-state index in [1.807, 2.05) is 35.9 Å². The predicted octanol–water partition coefficient (Wildman–Crippen LogP) is 2.12. The fourth-order valence-electron chi connectivity index (χ4n) is 2.51. The highest BCUT2D eigenvalue weighted by Crippen LogP contribution is 2.16. The van der Waals surface area contributed by atoms with Crippen LogP contribution in [0.4, 0.5) is 0 Å². The van der Waals surface area contributed by atoms with Crippen molar-refractivity contribution >= 4 is 17.5 Å². The van der Waals surface area contributed by atoms with Crippen molar-refractivity contribution in [3.05, 3.63) is 65.6 Å². The summed E-state index contributed by atoms with van der Waals surface area (Å²) in [6, 6.07) is 10.7. The van der Waals surface area contributed by atoms with Crippen LogP contribution in [0.1, 0.15) is 21.6 Å². The molecule has 1 amide bonds. The quantitative estimate of drug-likeness (QED) is 0.687. The van der Waals surface area contributed by atoms with Crippen LogP contribution in [-0.2, 0) is 16.1 Å². The number of hydrogen-bond acceptors (Lipinski definition) is 5. The highest BCUT2D eigenvalue weighted by atomic mass is 16.5. The Labute approximate surface area is 150 Å². The number of amides is 1. The van der Waals surface area contributed by atoms with Gasteiger partial charge < -0.3 is 19.2 Å². The summed E-state index contributed by atoms with van der Waals surface area (Å²) in [7, 11) is 1.48. The van der Waals surface area contributed by atoms with Crippen LogP contribution in [0.25, 0.3) is 5.65 Å². The van der Waals surface area contributed by atoms with Crippen LogP contribution < -0.4 is 10.1 Å². The lowest BCUT2D eigenvalue weighted by molar-refractivity contribution is -0.143. The van der Waals surface area contributed by atoms with Gasteiger partial charge >= 0.3 is 5.97 Å². The summed E-state index contributed by atoms with van der Waals surface area (Å²) in [5.41, 5.74) is 2.89. The maximum absolute atomic E-state index is 12.1. The molecule has 7 heteroatoms. The zero-order chi connectivity index (χ0) is 18.5. The zero-order valence-electron chi connectivity index (χ0n) is 14.6. The summed E-state index contributed by atoms with van der Waals surface area (Å²) in [6.45, 7) is 1.80. The number of para-hydroxylation sites is 1. The van der Waals surface area contributed by atoms with Gasteiger partial charge in [0, 0.05) is 12.4 Å². The van der Waals surface area contributed by atoms with Crippen molar-refractivity contribution in [1.82, 2.24) is 14.7 Å². The van der Waals surface area contributed by atoms with Crippen LogP contribution in [0, 0.1) is 6.92 Å². The number of ether oxygens (including phenoxy) is 2. The van der Waals surface area contributed by atoms with Gasteiger partial charge in [-0.3, -0.25) is 9.59 Å². The van der Waals surface area contributed by atoms with Crippen LogP contribution in [0.2, 0.25) is 0 Å². The molecule has 26 heavy (non-hydrogen) atoms. The van der Waals surface area contributed by atoms with Crippen molar-refractivity contribution in [2.45, 2.75) is 13.5 Å². The molecule has 0 aliphatic carbocycles. The SMILES string of the molecule is COc1ccccc1C(=O)NCC(=O)OCc1cn2cc(C)ccc2n1. The first-order valence-corrected chi connectivity index (χ1v) is 8.08. The van der Waals surface area contributed by atoms with Gasteiger partial charge in [0.15, 0.2) is 0 Å². The van der Waals surface area contributed by atoms with Gasteiger partial charge in [-0.25, -0.2) is 4.98 Å². The molecule has 2 aromatic heterocycles. The van der Waals surface area contributed by atoms with Crippen molar-refractivity contribution in [2.75, 3.05) is 13.7 Å². The van der Waals surface area contributed by atoms with E-state index in [2.05, 4.69) is 10.3 Å². The van der Waals surface area contributed by atoms with Crippen LogP contribution >= 0.6 is 0 Å². The minimum atomic E-state index is -0.540. The number of carbonyl (C=O) groups excluding carboxylic acids is 2. The van der Waals surface area contributed by atoms with E-state index in [0.29, 0.717) is 17.0 Å². The van der Waals surface area contributed by atoms with E-state index < -0.39 is 11.9 Å². The Balaban J connectivity index is 1.53. The van der Waals surface area contributed by atoms with Gasteiger partial charge in [0.05, 0.1) is 18.4 Å². The number of esters is 1. The number of aromatic nitrogens is 2. The number of methoxy groups -OCH3 is 1. The molecule has 0 saturated carbocycles. The number of carbonyl (C=O) groups is 2. The molecule has 0 atom stereocenters. The van der Waals surface area contributed by atoms with Gasteiger partial charge in [-0.15, -0.1) is 0 Å². The molecule has 1 N–H and O–H groups in total. The van der Waals surface area contributed by atoms with Crippen molar-refractivity contribution in [3.8, 4) is 5.75 Å². The summed E-state index contributed by atoms with van der Waals surface area (Å²) in [6.07, 6.45) is 3.75. The predicted molar refractivity (Wildman–Crippen MR) is 95.1 cm³/mol. The normalized spacial score (nSPS) is 10.5. The van der Waals surface area contributed by atoms with Gasteiger partial charge in [0.2, 0.25) is 0 Å². The van der Waals surface area contributed by atoms with Crippen molar-refractivity contribution in [1.29, 1.82) is 0 Å². The lowest BCUT2D eigenvalue weighted by Gasteiger charge is -2.08. The van der Waals surface area contributed by atoms with E-state index >= 15 is 0 Å². The van der Waals surface area contributed by atoms with E-state index in [1.54, 1.807) is 24.3 Å². The molecule has 7 nitrogen and oxygen atoms in total. The van der Waals surface area contributed by atoms with Crippen LogP contribution in [0.5, 0.6) is 5.75 Å². The van der Waals surface area contributed by atoms with Crippen molar-refractivity contribution in [2.24, 2.45) is 0 Å². The van der Waals surface area contributed by atoms with E-state index in [-0.39, 0.29) is 13.2 Å². The number of nitrogens with one attached hydrogen (secondary N) is 1. The third-order valence-electron chi connectivity index (χ3n) is 3.77. The first kappa shape index (κ1) is 17.5. The van der Waals surface area contributed by atoms with E-state index in [1.165, 1.54) is 7.11 Å². The number of rotatable bonds is 6. The maximum atomic E-state index is 12.1. The van der Waals surface area contributed by atoms with Crippen LogP contribution in [-0.4, -0.2) is 34.9 Å². The largest absolute Gasteiger partial charge is 0.496 e. The number of pyridine rings is 1. The van der Waals surface area contributed by atoms with E-state index in [9.17, 15) is 9.59 Å². The molecule has 134 valence electrons.